The van der Waals surface area contributed by atoms with Crippen molar-refractivity contribution in [2.24, 2.45) is 0 Å². The number of hydrogen-bond acceptors (Lipinski definition) is 6. The number of halogens is 1. The maximum Gasteiger partial charge on any atom is 0.245 e. The Balaban J connectivity index is 2.30. The SMILES string of the molecule is COc1ccc(Cl)cc1N(CC(=O)Nc1cccc(N(C)S(C)(=O)=O)c1)S(C)(=O)=O. The average Bonchev–Trinajstić information content (AvgIpc) is 2.64. The molecule has 12 heteroatoms. The van der Waals surface area contributed by atoms with Crippen LogP contribution in [0.1, 0.15) is 0 Å². The molecule has 2 aromatic carbocycles. The van der Waals surface area contributed by atoms with E-state index in [1.165, 1.54) is 38.4 Å². The van der Waals surface area contributed by atoms with Gasteiger partial charge < -0.3 is 10.1 Å². The molecule has 0 radical (unpaired) electrons. The number of sulfonamides is 2. The fraction of sp³-hybridized carbons (Fsp3) is 0.278. The summed E-state index contributed by atoms with van der Waals surface area (Å²) in [7, 11) is -4.58. The standard InChI is InChI=1S/C18H22ClN3O6S2/c1-21(29(3,24)25)15-7-5-6-14(11-15)20-18(23)12-22(30(4,26)27)16-10-13(19)8-9-17(16)28-2/h5-11H,12H2,1-4H3,(H,20,23). The molecule has 0 unspecified atom stereocenters. The quantitative estimate of drug-likeness (QED) is 0.625. The molecule has 0 aromatic heterocycles. The summed E-state index contributed by atoms with van der Waals surface area (Å²) in [5.74, 6) is -0.406. The van der Waals surface area contributed by atoms with Crippen LogP contribution in [0.25, 0.3) is 0 Å². The maximum atomic E-state index is 12.6. The smallest absolute Gasteiger partial charge is 0.245 e. The van der Waals surface area contributed by atoms with Gasteiger partial charge in [-0.15, -0.1) is 0 Å². The number of carbonyl (C=O) groups excluding carboxylic acids is 1. The van der Waals surface area contributed by atoms with Crippen LogP contribution in [0.5, 0.6) is 5.75 Å². The fourth-order valence-electron chi connectivity index (χ4n) is 2.54. The second-order valence-electron chi connectivity index (χ2n) is 6.41. The Hall–Kier alpha value is -2.50. The van der Waals surface area contributed by atoms with Crippen LogP contribution in [0.2, 0.25) is 5.02 Å². The van der Waals surface area contributed by atoms with Crippen molar-refractivity contribution in [3.63, 3.8) is 0 Å². The normalized spacial score (nSPS) is 11.6. The van der Waals surface area contributed by atoms with Crippen LogP contribution in [0, 0.1) is 0 Å². The van der Waals surface area contributed by atoms with Crippen LogP contribution in [-0.4, -0.2) is 56.0 Å². The third-order valence-electron chi connectivity index (χ3n) is 4.09. The van der Waals surface area contributed by atoms with E-state index in [4.69, 9.17) is 16.3 Å². The molecule has 0 saturated carbocycles. The zero-order valence-corrected chi connectivity index (χ0v) is 19.2. The lowest BCUT2D eigenvalue weighted by molar-refractivity contribution is -0.114. The Morgan fingerprint density at radius 3 is 2.30 bits per heavy atom. The van der Waals surface area contributed by atoms with E-state index in [1.54, 1.807) is 18.2 Å². The van der Waals surface area contributed by atoms with Crippen LogP contribution < -0.4 is 18.7 Å². The molecular weight excluding hydrogens is 454 g/mol. The number of hydrogen-bond donors (Lipinski definition) is 1. The molecule has 0 bridgehead atoms. The molecule has 0 aliphatic carbocycles. The van der Waals surface area contributed by atoms with Gasteiger partial charge in [0.15, 0.2) is 0 Å². The van der Waals surface area contributed by atoms with Gasteiger partial charge in [-0.3, -0.25) is 13.4 Å². The van der Waals surface area contributed by atoms with E-state index in [1.807, 2.05) is 0 Å². The van der Waals surface area contributed by atoms with Crippen molar-refractivity contribution in [3.05, 3.63) is 47.5 Å². The molecule has 0 saturated heterocycles. The highest BCUT2D eigenvalue weighted by atomic mass is 35.5. The summed E-state index contributed by atoms with van der Waals surface area (Å²) in [5.41, 5.74) is 0.763. The fourth-order valence-corrected chi connectivity index (χ4v) is 4.06. The highest BCUT2D eigenvalue weighted by molar-refractivity contribution is 7.92. The first-order valence-electron chi connectivity index (χ1n) is 8.48. The van der Waals surface area contributed by atoms with Crippen molar-refractivity contribution in [1.29, 1.82) is 0 Å². The Kier molecular flexibility index (Phi) is 7.22. The molecule has 2 rings (SSSR count). The first-order valence-corrected chi connectivity index (χ1v) is 12.6. The molecule has 164 valence electrons. The minimum Gasteiger partial charge on any atom is -0.495 e. The van der Waals surface area contributed by atoms with Crippen molar-refractivity contribution < 1.29 is 26.4 Å². The summed E-state index contributed by atoms with van der Waals surface area (Å²) >= 11 is 5.99. The number of carbonyl (C=O) groups is 1. The van der Waals surface area contributed by atoms with Crippen molar-refractivity contribution in [3.8, 4) is 5.75 Å². The van der Waals surface area contributed by atoms with Crippen molar-refractivity contribution >= 4 is 54.6 Å². The van der Waals surface area contributed by atoms with E-state index in [9.17, 15) is 21.6 Å². The molecule has 2 aromatic rings. The minimum absolute atomic E-state index is 0.119. The van der Waals surface area contributed by atoms with Gasteiger partial charge in [-0.1, -0.05) is 17.7 Å². The Morgan fingerprint density at radius 1 is 1.07 bits per heavy atom. The van der Waals surface area contributed by atoms with Gasteiger partial charge in [-0.25, -0.2) is 16.8 Å². The molecule has 0 heterocycles. The number of rotatable bonds is 8. The lowest BCUT2D eigenvalue weighted by Gasteiger charge is -2.24. The Morgan fingerprint density at radius 2 is 1.73 bits per heavy atom. The Labute approximate surface area is 181 Å². The third kappa shape index (κ3) is 6.00. The summed E-state index contributed by atoms with van der Waals surface area (Å²) in [5, 5.41) is 2.85. The number of nitrogens with one attached hydrogen (secondary N) is 1. The van der Waals surface area contributed by atoms with Gasteiger partial charge in [0.2, 0.25) is 26.0 Å². The van der Waals surface area contributed by atoms with Gasteiger partial charge in [-0.2, -0.15) is 0 Å². The molecule has 0 aliphatic rings. The summed E-state index contributed by atoms with van der Waals surface area (Å²) in [6.45, 7) is -0.540. The van der Waals surface area contributed by atoms with Crippen LogP contribution in [-0.2, 0) is 24.8 Å². The van der Waals surface area contributed by atoms with Crippen molar-refractivity contribution in [2.45, 2.75) is 0 Å². The third-order valence-corrected chi connectivity index (χ3v) is 6.66. The highest BCUT2D eigenvalue weighted by Gasteiger charge is 2.24. The zero-order valence-electron chi connectivity index (χ0n) is 16.8. The lowest BCUT2D eigenvalue weighted by Crippen LogP contribution is -2.37. The van der Waals surface area contributed by atoms with Gasteiger partial charge in [0.25, 0.3) is 0 Å². The van der Waals surface area contributed by atoms with Gasteiger partial charge in [-0.05, 0) is 36.4 Å². The predicted molar refractivity (Wildman–Crippen MR) is 119 cm³/mol. The minimum atomic E-state index is -3.85. The number of ether oxygens (including phenoxy) is 1. The maximum absolute atomic E-state index is 12.6. The number of anilines is 3. The average molecular weight is 476 g/mol. The molecule has 1 N–H and O–H groups in total. The first kappa shape index (κ1) is 23.8. The molecule has 1 amide bonds. The summed E-state index contributed by atoms with van der Waals surface area (Å²) in [6.07, 6.45) is 2.02. The molecule has 9 nitrogen and oxygen atoms in total. The summed E-state index contributed by atoms with van der Waals surface area (Å²) < 4.78 is 55.2. The number of methoxy groups -OCH3 is 1. The van der Waals surface area contributed by atoms with E-state index < -0.39 is 32.5 Å². The van der Waals surface area contributed by atoms with E-state index in [0.29, 0.717) is 11.4 Å². The first-order chi connectivity index (χ1) is 13.8. The lowest BCUT2D eigenvalue weighted by atomic mass is 10.2. The van der Waals surface area contributed by atoms with E-state index >= 15 is 0 Å². The second kappa shape index (κ2) is 9.11. The highest BCUT2D eigenvalue weighted by Crippen LogP contribution is 2.32. The molecule has 0 aliphatic heterocycles. The van der Waals surface area contributed by atoms with Gasteiger partial charge in [0, 0.05) is 17.8 Å². The molecule has 0 fully saturated rings. The number of amides is 1. The summed E-state index contributed by atoms with van der Waals surface area (Å²) in [4.78, 5) is 12.6. The number of benzene rings is 2. The van der Waals surface area contributed by atoms with E-state index in [2.05, 4.69) is 5.32 Å². The summed E-state index contributed by atoms with van der Waals surface area (Å²) in [6, 6.07) is 10.6. The van der Waals surface area contributed by atoms with Crippen molar-refractivity contribution in [1.82, 2.24) is 0 Å². The topological polar surface area (TPSA) is 113 Å². The van der Waals surface area contributed by atoms with Gasteiger partial charge in [0.05, 0.1) is 31.0 Å². The van der Waals surface area contributed by atoms with Crippen LogP contribution in [0.15, 0.2) is 42.5 Å². The zero-order chi connectivity index (χ0) is 22.7. The van der Waals surface area contributed by atoms with Gasteiger partial charge >= 0.3 is 0 Å². The monoisotopic (exact) mass is 475 g/mol. The molecule has 0 spiro atoms. The molecule has 0 atom stereocenters. The van der Waals surface area contributed by atoms with Crippen LogP contribution in [0.4, 0.5) is 17.1 Å². The largest absolute Gasteiger partial charge is 0.495 e. The number of nitrogens with zero attached hydrogens (tertiary/aromatic N) is 2. The second-order valence-corrected chi connectivity index (χ2v) is 10.8. The van der Waals surface area contributed by atoms with E-state index in [0.717, 1.165) is 21.1 Å². The predicted octanol–water partition coefficient (Wildman–Crippen LogP) is 2.15. The van der Waals surface area contributed by atoms with Crippen molar-refractivity contribution in [2.75, 3.05) is 47.1 Å². The van der Waals surface area contributed by atoms with Crippen LogP contribution in [0.3, 0.4) is 0 Å². The molecular formula is C18H22ClN3O6S2. The Bertz CT molecular complexity index is 1150. The van der Waals surface area contributed by atoms with E-state index in [-0.39, 0.29) is 16.5 Å². The van der Waals surface area contributed by atoms with Crippen LogP contribution >= 0.6 is 11.6 Å². The van der Waals surface area contributed by atoms with Gasteiger partial charge in [0.1, 0.15) is 12.3 Å². The molecule has 30 heavy (non-hydrogen) atoms.